The molecule has 0 saturated heterocycles. The van der Waals surface area contributed by atoms with Gasteiger partial charge in [0, 0.05) is 6.54 Å². The second kappa shape index (κ2) is 2.43. The number of hydrogen-bond acceptors (Lipinski definition) is 2. The van der Waals surface area contributed by atoms with Gasteiger partial charge in [-0.2, -0.15) is 4.99 Å². The first-order valence-corrected chi connectivity index (χ1v) is 2.75. The molecule has 0 N–H and O–H groups in total. The van der Waals surface area contributed by atoms with Crippen molar-refractivity contribution in [2.45, 2.75) is 0 Å². The van der Waals surface area contributed by atoms with Crippen LogP contribution in [0.1, 0.15) is 0 Å². The lowest BCUT2D eigenvalue weighted by Gasteiger charge is -2.04. The fourth-order valence-electron chi connectivity index (χ4n) is 0.622. The van der Waals surface area contributed by atoms with Gasteiger partial charge in [0.25, 0.3) is 0 Å². The molecule has 0 saturated carbocycles. The van der Waals surface area contributed by atoms with Gasteiger partial charge in [-0.15, -0.1) is 6.58 Å². The number of carbonyl (C=O) groups excluding carboxylic acids is 2. The Labute approximate surface area is 57.8 Å². The summed E-state index contributed by atoms with van der Waals surface area (Å²) < 4.78 is 0. The highest BCUT2D eigenvalue weighted by Gasteiger charge is 2.23. The van der Waals surface area contributed by atoms with Gasteiger partial charge < -0.3 is 0 Å². The van der Waals surface area contributed by atoms with Crippen LogP contribution in [0.4, 0.5) is 0 Å². The van der Waals surface area contributed by atoms with Crippen molar-refractivity contribution in [3.8, 4) is 0 Å². The highest BCUT2D eigenvalue weighted by molar-refractivity contribution is 6.41. The molecule has 4 nitrogen and oxygen atoms in total. The first-order valence-electron chi connectivity index (χ1n) is 2.75. The van der Waals surface area contributed by atoms with Crippen LogP contribution in [-0.4, -0.2) is 29.6 Å². The summed E-state index contributed by atoms with van der Waals surface area (Å²) >= 11 is 0. The van der Waals surface area contributed by atoms with Crippen LogP contribution in [-0.2, 0) is 9.59 Å². The number of amides is 2. The van der Waals surface area contributed by atoms with Gasteiger partial charge in [0.1, 0.15) is 6.34 Å². The topological polar surface area (TPSA) is 49.7 Å². The molecule has 52 valence electrons. The lowest BCUT2D eigenvalue weighted by molar-refractivity contribution is -0.139. The highest BCUT2D eigenvalue weighted by atomic mass is 16.2. The second-order valence-corrected chi connectivity index (χ2v) is 1.80. The van der Waals surface area contributed by atoms with Crippen LogP contribution in [0, 0.1) is 0 Å². The van der Waals surface area contributed by atoms with Crippen molar-refractivity contribution >= 4 is 18.2 Å². The van der Waals surface area contributed by atoms with Crippen LogP contribution in [0.15, 0.2) is 17.6 Å². The Morgan fingerprint density at radius 2 is 2.40 bits per heavy atom. The molecule has 4 heteroatoms. The third-order valence-electron chi connectivity index (χ3n) is 1.08. The van der Waals surface area contributed by atoms with Crippen molar-refractivity contribution in [2.75, 3.05) is 6.54 Å². The maximum absolute atomic E-state index is 10.7. The van der Waals surface area contributed by atoms with E-state index in [1.165, 1.54) is 17.3 Å². The lowest BCUT2D eigenvalue weighted by atomic mass is 10.5. The standard InChI is InChI=1S/C6H6N2O2/c1-2-3-8-4-7-5(9)6(8)10/h2,4H,1,3H2. The first-order chi connectivity index (χ1) is 4.75. The first kappa shape index (κ1) is 6.67. The van der Waals surface area contributed by atoms with Crippen LogP contribution < -0.4 is 0 Å². The number of hydrogen-bond donors (Lipinski definition) is 0. The van der Waals surface area contributed by atoms with E-state index in [9.17, 15) is 9.59 Å². The molecule has 0 bridgehead atoms. The average Bonchev–Trinajstić information content (AvgIpc) is 2.20. The Bertz CT molecular complexity index is 220. The van der Waals surface area contributed by atoms with Crippen LogP contribution in [0.2, 0.25) is 0 Å². The van der Waals surface area contributed by atoms with E-state index in [2.05, 4.69) is 11.6 Å². The zero-order chi connectivity index (χ0) is 7.56. The summed E-state index contributed by atoms with van der Waals surface area (Å²) in [5.74, 6) is -1.29. The van der Waals surface area contributed by atoms with Crippen molar-refractivity contribution in [3.63, 3.8) is 0 Å². The molecule has 0 aliphatic carbocycles. The predicted molar refractivity (Wildman–Crippen MR) is 35.4 cm³/mol. The van der Waals surface area contributed by atoms with Gasteiger partial charge in [0.05, 0.1) is 0 Å². The van der Waals surface area contributed by atoms with Gasteiger partial charge in [-0.25, -0.2) is 0 Å². The molecule has 0 aromatic carbocycles. The van der Waals surface area contributed by atoms with E-state index in [1.807, 2.05) is 0 Å². The van der Waals surface area contributed by atoms with Gasteiger partial charge in [0.15, 0.2) is 0 Å². The van der Waals surface area contributed by atoms with Crippen LogP contribution in [0.3, 0.4) is 0 Å². The van der Waals surface area contributed by atoms with Crippen LogP contribution in [0.25, 0.3) is 0 Å². The smallest absolute Gasteiger partial charge is 0.291 e. The highest BCUT2D eigenvalue weighted by Crippen LogP contribution is 1.96. The molecule has 0 aromatic heterocycles. The summed E-state index contributed by atoms with van der Waals surface area (Å²) in [5, 5.41) is 0. The Hall–Kier alpha value is -1.45. The Morgan fingerprint density at radius 3 is 2.80 bits per heavy atom. The van der Waals surface area contributed by atoms with Crippen molar-refractivity contribution in [3.05, 3.63) is 12.7 Å². The van der Waals surface area contributed by atoms with Gasteiger partial charge in [0.2, 0.25) is 0 Å². The quantitative estimate of drug-likeness (QED) is 0.384. The fraction of sp³-hybridized carbons (Fsp3) is 0.167. The molecule has 2 amide bonds. The largest absolute Gasteiger partial charge is 0.336 e. The molecule has 0 spiro atoms. The Morgan fingerprint density at radius 1 is 1.70 bits per heavy atom. The summed E-state index contributed by atoms with van der Waals surface area (Å²) in [6, 6.07) is 0. The van der Waals surface area contributed by atoms with E-state index in [1.54, 1.807) is 0 Å². The average molecular weight is 138 g/mol. The monoisotopic (exact) mass is 138 g/mol. The van der Waals surface area contributed by atoms with Crippen molar-refractivity contribution < 1.29 is 9.59 Å². The van der Waals surface area contributed by atoms with Crippen molar-refractivity contribution in [1.82, 2.24) is 4.90 Å². The van der Waals surface area contributed by atoms with E-state index in [-0.39, 0.29) is 0 Å². The van der Waals surface area contributed by atoms with Gasteiger partial charge in [-0.05, 0) is 0 Å². The molecule has 0 radical (unpaired) electrons. The number of nitrogens with zero attached hydrogens (tertiary/aromatic N) is 2. The number of rotatable bonds is 2. The second-order valence-electron chi connectivity index (χ2n) is 1.80. The molecular weight excluding hydrogens is 132 g/mol. The van der Waals surface area contributed by atoms with Crippen molar-refractivity contribution in [1.29, 1.82) is 0 Å². The lowest BCUT2D eigenvalue weighted by Crippen LogP contribution is -2.28. The fourth-order valence-corrected chi connectivity index (χ4v) is 0.622. The summed E-state index contributed by atoms with van der Waals surface area (Å²) in [4.78, 5) is 25.6. The predicted octanol–water partition coefficient (Wildman–Crippen LogP) is -0.431. The molecule has 10 heavy (non-hydrogen) atoms. The molecule has 0 atom stereocenters. The number of carbonyl (C=O) groups is 2. The normalized spacial score (nSPS) is 16.6. The van der Waals surface area contributed by atoms with E-state index in [4.69, 9.17) is 0 Å². The minimum atomic E-state index is -0.707. The summed E-state index contributed by atoms with van der Waals surface area (Å²) in [7, 11) is 0. The van der Waals surface area contributed by atoms with Crippen molar-refractivity contribution in [2.24, 2.45) is 4.99 Å². The molecule has 0 aromatic rings. The Kier molecular flexibility index (Phi) is 1.62. The van der Waals surface area contributed by atoms with Crippen LogP contribution >= 0.6 is 0 Å². The van der Waals surface area contributed by atoms with E-state index in [0.29, 0.717) is 6.54 Å². The Balaban J connectivity index is 2.66. The SMILES string of the molecule is C=CCN1C=NC(=O)C1=O. The zero-order valence-electron chi connectivity index (χ0n) is 5.28. The minimum absolute atomic E-state index is 0.341. The maximum atomic E-state index is 10.7. The molecule has 0 unspecified atom stereocenters. The van der Waals surface area contributed by atoms with E-state index in [0.717, 1.165) is 0 Å². The third kappa shape index (κ3) is 0.953. The minimum Gasteiger partial charge on any atom is -0.291 e. The molecular formula is C6H6N2O2. The van der Waals surface area contributed by atoms with Gasteiger partial charge in [-0.3, -0.25) is 14.5 Å². The summed E-state index contributed by atoms with van der Waals surface area (Å²) in [6.07, 6.45) is 2.74. The summed E-state index contributed by atoms with van der Waals surface area (Å²) in [6.45, 7) is 3.76. The molecule has 1 aliphatic heterocycles. The van der Waals surface area contributed by atoms with E-state index >= 15 is 0 Å². The summed E-state index contributed by atoms with van der Waals surface area (Å²) in [5.41, 5.74) is 0. The third-order valence-corrected chi connectivity index (χ3v) is 1.08. The van der Waals surface area contributed by atoms with E-state index < -0.39 is 11.8 Å². The maximum Gasteiger partial charge on any atom is 0.336 e. The molecule has 1 aliphatic rings. The molecule has 0 fully saturated rings. The molecule has 1 heterocycles. The van der Waals surface area contributed by atoms with Gasteiger partial charge >= 0.3 is 11.8 Å². The molecule has 1 rings (SSSR count). The zero-order valence-corrected chi connectivity index (χ0v) is 5.28. The van der Waals surface area contributed by atoms with Crippen LogP contribution in [0.5, 0.6) is 0 Å². The number of aliphatic imine (C=N–C) groups is 1. The van der Waals surface area contributed by atoms with Gasteiger partial charge in [-0.1, -0.05) is 6.08 Å².